The Morgan fingerprint density at radius 1 is 1.60 bits per heavy atom. The van der Waals surface area contributed by atoms with Gasteiger partial charge in [-0.1, -0.05) is 6.92 Å². The summed E-state index contributed by atoms with van der Waals surface area (Å²) in [6.07, 6.45) is 4.66. The molecule has 2 unspecified atom stereocenters. The smallest absolute Gasteiger partial charge is 0.327 e. The minimum Gasteiger partial charge on any atom is -0.468 e. The molecule has 20 heavy (non-hydrogen) atoms. The first-order chi connectivity index (χ1) is 9.63. The molecular weight excluding hydrogens is 262 g/mol. The van der Waals surface area contributed by atoms with E-state index in [-0.39, 0.29) is 30.4 Å². The topological polar surface area (TPSA) is 82.5 Å². The Balaban J connectivity index is 1.93. The number of carbonyl (C=O) groups excluding carboxylic acids is 2. The van der Waals surface area contributed by atoms with Crippen LogP contribution in [0.3, 0.4) is 0 Å². The molecule has 0 bridgehead atoms. The number of ether oxygens (including phenoxy) is 2. The van der Waals surface area contributed by atoms with Crippen molar-refractivity contribution in [2.24, 2.45) is 5.92 Å². The Labute approximate surface area is 117 Å². The number of hydrogen-bond donors (Lipinski definition) is 1. The van der Waals surface area contributed by atoms with E-state index in [1.807, 2.05) is 6.92 Å². The number of carbonyl (C=O) groups is 2. The molecule has 0 spiro atoms. The second kappa shape index (κ2) is 6.51. The fourth-order valence-electron chi connectivity index (χ4n) is 2.30. The lowest BCUT2D eigenvalue weighted by Crippen LogP contribution is -2.29. The summed E-state index contributed by atoms with van der Waals surface area (Å²) < 4.78 is 11.5. The van der Waals surface area contributed by atoms with Gasteiger partial charge in [0.2, 0.25) is 5.91 Å². The van der Waals surface area contributed by atoms with E-state index >= 15 is 0 Å². The number of rotatable bonds is 5. The van der Waals surface area contributed by atoms with Crippen molar-refractivity contribution in [3.8, 4) is 0 Å². The molecule has 110 valence electrons. The van der Waals surface area contributed by atoms with Gasteiger partial charge in [-0.3, -0.25) is 14.3 Å². The summed E-state index contributed by atoms with van der Waals surface area (Å²) in [5, 5.41) is 6.80. The maximum absolute atomic E-state index is 12.2. The van der Waals surface area contributed by atoms with Crippen molar-refractivity contribution in [3.05, 3.63) is 12.4 Å². The summed E-state index contributed by atoms with van der Waals surface area (Å²) >= 11 is 0. The molecule has 1 fully saturated rings. The predicted octanol–water partition coefficient (Wildman–Crippen LogP) is 0.810. The van der Waals surface area contributed by atoms with E-state index in [1.54, 1.807) is 6.20 Å². The Hall–Kier alpha value is -1.89. The van der Waals surface area contributed by atoms with Crippen molar-refractivity contribution in [3.63, 3.8) is 0 Å². The summed E-state index contributed by atoms with van der Waals surface area (Å²) in [6.45, 7) is 2.65. The summed E-state index contributed by atoms with van der Waals surface area (Å²) in [5.41, 5.74) is 0.570. The summed E-state index contributed by atoms with van der Waals surface area (Å²) in [5.74, 6) is -0.572. The number of nitrogens with zero attached hydrogens (tertiary/aromatic N) is 2. The Morgan fingerprint density at radius 2 is 2.40 bits per heavy atom. The highest BCUT2D eigenvalue weighted by Gasteiger charge is 2.32. The quantitative estimate of drug-likeness (QED) is 0.808. The van der Waals surface area contributed by atoms with Gasteiger partial charge in [-0.15, -0.1) is 0 Å². The van der Waals surface area contributed by atoms with Gasteiger partial charge in [-0.05, 0) is 12.8 Å². The van der Waals surface area contributed by atoms with E-state index in [1.165, 1.54) is 18.0 Å². The van der Waals surface area contributed by atoms with Gasteiger partial charge in [0, 0.05) is 12.8 Å². The lowest BCUT2D eigenvalue weighted by Gasteiger charge is -2.15. The number of nitrogens with one attached hydrogen (secondary N) is 1. The van der Waals surface area contributed by atoms with Crippen LogP contribution < -0.4 is 5.32 Å². The molecule has 2 rings (SSSR count). The lowest BCUT2D eigenvalue weighted by molar-refractivity contribution is -0.141. The molecular formula is C13H19N3O4. The van der Waals surface area contributed by atoms with Crippen LogP contribution in [0, 0.1) is 5.92 Å². The van der Waals surface area contributed by atoms with Crippen molar-refractivity contribution in [1.29, 1.82) is 0 Å². The van der Waals surface area contributed by atoms with Crippen LogP contribution in [-0.4, -0.2) is 41.5 Å². The highest BCUT2D eigenvalue weighted by Crippen LogP contribution is 2.24. The highest BCUT2D eigenvalue weighted by molar-refractivity contribution is 5.92. The molecule has 2 heterocycles. The summed E-state index contributed by atoms with van der Waals surface area (Å²) in [6, 6.07) is 0. The number of esters is 1. The number of aromatic nitrogens is 2. The fraction of sp³-hybridized carbons (Fsp3) is 0.615. The second-order valence-corrected chi connectivity index (χ2v) is 4.70. The average Bonchev–Trinajstić information content (AvgIpc) is 3.07. The van der Waals surface area contributed by atoms with Gasteiger partial charge in [-0.25, -0.2) is 0 Å². The van der Waals surface area contributed by atoms with Crippen LogP contribution in [0.2, 0.25) is 0 Å². The molecule has 1 amide bonds. The van der Waals surface area contributed by atoms with Crippen molar-refractivity contribution in [1.82, 2.24) is 9.78 Å². The highest BCUT2D eigenvalue weighted by atomic mass is 16.5. The molecule has 1 aliphatic rings. The second-order valence-electron chi connectivity index (χ2n) is 4.70. The first-order valence-corrected chi connectivity index (χ1v) is 6.65. The third-order valence-corrected chi connectivity index (χ3v) is 3.37. The lowest BCUT2D eigenvalue weighted by atomic mass is 9.99. The zero-order chi connectivity index (χ0) is 14.5. The molecule has 7 nitrogen and oxygen atoms in total. The van der Waals surface area contributed by atoms with Gasteiger partial charge in [0.1, 0.15) is 6.54 Å². The monoisotopic (exact) mass is 281 g/mol. The van der Waals surface area contributed by atoms with Crippen LogP contribution in [-0.2, 0) is 25.6 Å². The minimum atomic E-state index is -0.388. The minimum absolute atomic E-state index is 0.0138. The van der Waals surface area contributed by atoms with Gasteiger partial charge < -0.3 is 14.8 Å². The Bertz CT molecular complexity index is 486. The SMILES string of the molecule is CCC1OCCC1C(=O)Nc1cnn(CC(=O)OC)c1. The number of amides is 1. The van der Waals surface area contributed by atoms with Crippen molar-refractivity contribution in [2.45, 2.75) is 32.4 Å². The van der Waals surface area contributed by atoms with Crippen LogP contribution in [0.4, 0.5) is 5.69 Å². The summed E-state index contributed by atoms with van der Waals surface area (Å²) in [7, 11) is 1.32. The van der Waals surface area contributed by atoms with E-state index in [4.69, 9.17) is 4.74 Å². The Morgan fingerprint density at radius 3 is 3.10 bits per heavy atom. The van der Waals surface area contributed by atoms with E-state index in [9.17, 15) is 9.59 Å². The molecule has 1 aliphatic heterocycles. The number of methoxy groups -OCH3 is 1. The van der Waals surface area contributed by atoms with E-state index in [2.05, 4.69) is 15.2 Å². The van der Waals surface area contributed by atoms with Gasteiger partial charge in [0.15, 0.2) is 0 Å². The van der Waals surface area contributed by atoms with Crippen LogP contribution >= 0.6 is 0 Å². The largest absolute Gasteiger partial charge is 0.468 e. The van der Waals surface area contributed by atoms with Crippen LogP contribution in [0.5, 0.6) is 0 Å². The Kier molecular flexibility index (Phi) is 4.73. The maximum atomic E-state index is 12.2. The van der Waals surface area contributed by atoms with Gasteiger partial charge >= 0.3 is 5.97 Å². The molecule has 0 radical (unpaired) electrons. The van der Waals surface area contributed by atoms with Gasteiger partial charge in [0.05, 0.1) is 31.0 Å². The van der Waals surface area contributed by atoms with Crippen LogP contribution in [0.1, 0.15) is 19.8 Å². The standard InChI is InChI=1S/C13H19N3O4/c1-3-11-10(4-5-20-11)13(18)15-9-6-14-16(7-9)8-12(17)19-2/h6-7,10-11H,3-5,8H2,1-2H3,(H,15,18). The first kappa shape index (κ1) is 14.5. The van der Waals surface area contributed by atoms with E-state index < -0.39 is 0 Å². The number of hydrogen-bond acceptors (Lipinski definition) is 5. The number of anilines is 1. The molecule has 1 N–H and O–H groups in total. The molecule has 1 saturated heterocycles. The predicted molar refractivity (Wildman–Crippen MR) is 71.0 cm³/mol. The maximum Gasteiger partial charge on any atom is 0.327 e. The molecule has 7 heteroatoms. The van der Waals surface area contributed by atoms with Crippen molar-refractivity contribution in [2.75, 3.05) is 19.0 Å². The fourth-order valence-corrected chi connectivity index (χ4v) is 2.30. The third-order valence-electron chi connectivity index (χ3n) is 3.37. The van der Waals surface area contributed by atoms with Crippen molar-refractivity contribution >= 4 is 17.6 Å². The van der Waals surface area contributed by atoms with Crippen molar-refractivity contribution < 1.29 is 19.1 Å². The normalized spacial score (nSPS) is 21.7. The summed E-state index contributed by atoms with van der Waals surface area (Å²) in [4.78, 5) is 23.3. The molecule has 1 aromatic rings. The molecule has 0 aliphatic carbocycles. The first-order valence-electron chi connectivity index (χ1n) is 6.65. The molecule has 2 atom stereocenters. The molecule has 1 aromatic heterocycles. The van der Waals surface area contributed by atoms with Crippen LogP contribution in [0.25, 0.3) is 0 Å². The van der Waals surface area contributed by atoms with Gasteiger partial charge in [0.25, 0.3) is 0 Å². The van der Waals surface area contributed by atoms with Gasteiger partial charge in [-0.2, -0.15) is 5.10 Å². The van der Waals surface area contributed by atoms with E-state index in [0.717, 1.165) is 12.8 Å². The zero-order valence-corrected chi connectivity index (χ0v) is 11.7. The zero-order valence-electron chi connectivity index (χ0n) is 11.7. The molecule has 0 aromatic carbocycles. The average molecular weight is 281 g/mol. The molecule has 0 saturated carbocycles. The van der Waals surface area contributed by atoms with Crippen LogP contribution in [0.15, 0.2) is 12.4 Å². The van der Waals surface area contributed by atoms with E-state index in [0.29, 0.717) is 12.3 Å². The third kappa shape index (κ3) is 3.36.